The number of allylic oxidation sites excluding steroid dienone is 4. The molecule has 0 saturated carbocycles. The lowest BCUT2D eigenvalue weighted by Gasteiger charge is -2.08. The minimum atomic E-state index is -5.59. The van der Waals surface area contributed by atoms with Gasteiger partial charge in [-0.25, -0.2) is 15.0 Å². The Kier molecular flexibility index (Phi) is 5.60. The van der Waals surface area contributed by atoms with Gasteiger partial charge in [0.15, 0.2) is 0 Å². The third kappa shape index (κ3) is 4.39. The molecule has 14 nitrogen and oxygen atoms in total. The van der Waals surface area contributed by atoms with Crippen molar-refractivity contribution in [1.29, 1.82) is 0 Å². The van der Waals surface area contributed by atoms with Crippen molar-refractivity contribution in [2.75, 3.05) is 0 Å². The Morgan fingerprint density at radius 2 is 1.38 bits per heavy atom. The van der Waals surface area contributed by atoms with Crippen molar-refractivity contribution >= 4 is 60.0 Å². The van der Waals surface area contributed by atoms with Gasteiger partial charge in [-0.05, 0) is 54.6 Å². The first kappa shape index (κ1) is 26.0. The van der Waals surface area contributed by atoms with Gasteiger partial charge in [0.1, 0.15) is 20.4 Å². The van der Waals surface area contributed by atoms with Crippen LogP contribution >= 0.6 is 0 Å². The summed E-state index contributed by atoms with van der Waals surface area (Å²) in [5.41, 5.74) is -0.907. The zero-order valence-electron chi connectivity index (χ0n) is 19.6. The maximum absolute atomic E-state index is 12.6. The van der Waals surface area contributed by atoms with Crippen LogP contribution in [0.4, 0.5) is 0 Å². The predicted octanol–water partition coefficient (Wildman–Crippen LogP) is 0.358. The van der Waals surface area contributed by atoms with Crippen LogP contribution in [-0.2, 0) is 30.4 Å². The Hall–Kier alpha value is -4.26. The molecule has 5 aliphatic heterocycles. The number of pyridine rings is 1. The first-order chi connectivity index (χ1) is 18.7. The van der Waals surface area contributed by atoms with E-state index in [4.69, 9.17) is 0 Å². The van der Waals surface area contributed by atoms with Crippen LogP contribution in [0.3, 0.4) is 0 Å². The summed E-state index contributed by atoms with van der Waals surface area (Å²) in [4.78, 5) is 14.4. The van der Waals surface area contributed by atoms with Crippen molar-refractivity contribution in [1.82, 2.24) is 15.0 Å². The highest BCUT2D eigenvalue weighted by Crippen LogP contribution is 2.39. The molecule has 5 aliphatic rings. The van der Waals surface area contributed by atoms with E-state index in [1.54, 1.807) is 36.5 Å². The number of fused-ring (bicyclic) bond motifs is 9. The summed E-state index contributed by atoms with van der Waals surface area (Å²) < 4.78 is 105. The van der Waals surface area contributed by atoms with E-state index in [1.165, 1.54) is 12.2 Å². The molecule has 0 aliphatic carbocycles. The van der Waals surface area contributed by atoms with Crippen molar-refractivity contribution in [3.63, 3.8) is 0 Å². The molecule has 1 aromatic rings. The molecule has 1 aromatic heterocycles. The zero-order chi connectivity index (χ0) is 28.6. The minimum absolute atomic E-state index is 0.0569. The van der Waals surface area contributed by atoms with Crippen LogP contribution in [0.2, 0.25) is 0 Å². The molecule has 204 valence electrons. The highest BCUT2D eigenvalue weighted by atomic mass is 32.2. The molecule has 5 N–H and O–H groups in total. The van der Waals surface area contributed by atoms with Crippen LogP contribution in [0.15, 0.2) is 78.7 Å². The molecule has 8 bridgehead atoms. The molecule has 0 fully saturated rings. The molecule has 0 unspecified atom stereocenters. The van der Waals surface area contributed by atoms with Crippen molar-refractivity contribution in [2.45, 2.75) is 0 Å². The average molecular weight is 602 g/mol. The molecule has 6 heterocycles. The maximum Gasteiger partial charge on any atom is 0.298 e. The van der Waals surface area contributed by atoms with Crippen LogP contribution in [0.5, 0.6) is 0 Å². The largest absolute Gasteiger partial charge is 0.359 e. The second-order valence-corrected chi connectivity index (χ2v) is 12.7. The number of aromatic amines is 2. The number of aromatic nitrogens is 3. The molecule has 40 heavy (non-hydrogen) atoms. The SMILES string of the molecule is O=S(=O)(O)C1=C2C=CC(=N2)C=c2ccc([nH]2)=Cc2nc(c3ccc[nH]c2-3)C=C2N=C1C(S(=O)(=O)O)=C2S(=O)(=O)O. The molecular weight excluding hydrogens is 586 g/mol. The first-order valence-corrected chi connectivity index (χ1v) is 15.4. The predicted molar refractivity (Wildman–Crippen MR) is 144 cm³/mol. The van der Waals surface area contributed by atoms with E-state index in [-0.39, 0.29) is 11.4 Å². The molecule has 0 radical (unpaired) electrons. The fraction of sp³-hybridized carbons (Fsp3) is 0. The molecule has 17 heteroatoms. The van der Waals surface area contributed by atoms with Gasteiger partial charge in [0, 0.05) is 22.5 Å². The normalized spacial score (nSPS) is 17.5. The Bertz CT molecular complexity index is 2280. The molecule has 0 spiro atoms. The summed E-state index contributed by atoms with van der Waals surface area (Å²) >= 11 is 0. The summed E-state index contributed by atoms with van der Waals surface area (Å²) in [6, 6.07) is 6.70. The van der Waals surface area contributed by atoms with Crippen molar-refractivity contribution < 1.29 is 38.9 Å². The van der Waals surface area contributed by atoms with Crippen LogP contribution < -0.4 is 10.7 Å². The Morgan fingerprint density at radius 3 is 2.05 bits per heavy atom. The number of H-pyrrole nitrogens is 2. The van der Waals surface area contributed by atoms with Crippen LogP contribution in [-0.4, -0.2) is 65.3 Å². The summed E-state index contributed by atoms with van der Waals surface area (Å²) in [6.07, 6.45) is 8.29. The second kappa shape index (κ2) is 8.62. The molecule has 6 rings (SSSR count). The highest BCUT2D eigenvalue weighted by Gasteiger charge is 2.44. The average Bonchev–Trinajstić information content (AvgIpc) is 3.60. The second-order valence-electron chi connectivity index (χ2n) is 8.66. The van der Waals surface area contributed by atoms with E-state index >= 15 is 0 Å². The fourth-order valence-corrected chi connectivity index (χ4v) is 7.40. The number of nitrogens with one attached hydrogen (secondary N) is 2. The van der Waals surface area contributed by atoms with Gasteiger partial charge in [0.2, 0.25) is 0 Å². The van der Waals surface area contributed by atoms with Gasteiger partial charge in [-0.1, -0.05) is 0 Å². The van der Waals surface area contributed by atoms with E-state index in [9.17, 15) is 38.9 Å². The lowest BCUT2D eigenvalue weighted by atomic mass is 10.1. The number of hydrogen-bond donors (Lipinski definition) is 5. The van der Waals surface area contributed by atoms with E-state index in [2.05, 4.69) is 24.9 Å². The zero-order valence-corrected chi connectivity index (χ0v) is 22.1. The van der Waals surface area contributed by atoms with Crippen LogP contribution in [0.25, 0.3) is 29.5 Å². The summed E-state index contributed by atoms with van der Waals surface area (Å²) in [6.45, 7) is 0. The van der Waals surface area contributed by atoms with E-state index < -0.39 is 62.2 Å². The van der Waals surface area contributed by atoms with Crippen molar-refractivity contribution in [2.24, 2.45) is 9.98 Å². The smallest absolute Gasteiger partial charge is 0.298 e. The van der Waals surface area contributed by atoms with Gasteiger partial charge in [0.05, 0.1) is 34.2 Å². The highest BCUT2D eigenvalue weighted by molar-refractivity contribution is 7.95. The third-order valence-corrected chi connectivity index (χ3v) is 8.89. The Balaban J connectivity index is 1.82. The van der Waals surface area contributed by atoms with Gasteiger partial charge in [-0.2, -0.15) is 25.3 Å². The topological polar surface area (TPSA) is 232 Å². The fourth-order valence-electron chi connectivity index (χ4n) is 4.50. The quantitative estimate of drug-likeness (QED) is 0.259. The molecule has 0 amide bonds. The van der Waals surface area contributed by atoms with Crippen LogP contribution in [0.1, 0.15) is 11.4 Å². The van der Waals surface area contributed by atoms with E-state index in [0.29, 0.717) is 27.6 Å². The maximum atomic E-state index is 12.6. The lowest BCUT2D eigenvalue weighted by molar-refractivity contribution is 0.485. The van der Waals surface area contributed by atoms with Gasteiger partial charge < -0.3 is 9.97 Å². The summed E-state index contributed by atoms with van der Waals surface area (Å²) in [5.74, 6) is 0. The summed E-state index contributed by atoms with van der Waals surface area (Å²) in [5, 5.41) is 1.16. The van der Waals surface area contributed by atoms with Gasteiger partial charge >= 0.3 is 0 Å². The number of aliphatic imine (C=N–C) groups is 2. The first-order valence-electron chi connectivity index (χ1n) is 11.0. The summed E-state index contributed by atoms with van der Waals surface area (Å²) in [7, 11) is -16.4. The molecular formula is C23H15N5O9S3. The Labute approximate surface area is 225 Å². The minimum Gasteiger partial charge on any atom is -0.359 e. The van der Waals surface area contributed by atoms with Gasteiger partial charge in [-0.3, -0.25) is 13.7 Å². The standard InChI is InChI=1S/C23H15N5O9S3/c29-38(30,31)21-15-6-5-12(26-15)8-11-3-4-13(25-11)9-17-19-14(2-1-7-24-19)16(27-17)10-18-22(39(32,33)34)23(20(21)28-18)40(35,36)37/h1-10,24-25H,(H,29,30,31)(H,32,33,34)(H,35,36,37). The number of nitrogens with zero attached hydrogens (tertiary/aromatic N) is 3. The number of hydrogen-bond acceptors (Lipinski definition) is 9. The molecule has 0 atom stereocenters. The van der Waals surface area contributed by atoms with E-state index in [0.717, 1.165) is 12.2 Å². The monoisotopic (exact) mass is 601 g/mol. The third-order valence-electron chi connectivity index (χ3n) is 6.00. The molecule has 0 saturated heterocycles. The van der Waals surface area contributed by atoms with Gasteiger partial charge in [0.25, 0.3) is 30.4 Å². The molecule has 0 aromatic carbocycles. The Morgan fingerprint density at radius 1 is 0.700 bits per heavy atom. The lowest BCUT2D eigenvalue weighted by Crippen LogP contribution is -2.21. The van der Waals surface area contributed by atoms with Crippen LogP contribution in [0, 0.1) is 0 Å². The van der Waals surface area contributed by atoms with E-state index in [1.807, 2.05) is 0 Å². The van der Waals surface area contributed by atoms with Crippen molar-refractivity contribution in [3.05, 3.63) is 90.8 Å². The van der Waals surface area contributed by atoms with Crippen molar-refractivity contribution in [3.8, 4) is 11.3 Å². The van der Waals surface area contributed by atoms with Gasteiger partial charge in [-0.15, -0.1) is 0 Å². The number of rotatable bonds is 3.